The summed E-state index contributed by atoms with van der Waals surface area (Å²) in [5, 5.41) is 0. The summed E-state index contributed by atoms with van der Waals surface area (Å²) in [4.78, 5) is 10.9. The van der Waals surface area contributed by atoms with Gasteiger partial charge in [0.1, 0.15) is 0 Å². The Bertz CT molecular complexity index is 192. The highest BCUT2D eigenvalue weighted by atomic mass is 19.3. The van der Waals surface area contributed by atoms with Gasteiger partial charge in [0.25, 0.3) is 5.92 Å². The highest BCUT2D eigenvalue weighted by Crippen LogP contribution is 2.42. The minimum absolute atomic E-state index is 0.0862. The number of halogens is 2. The third kappa shape index (κ3) is 2.64. The van der Waals surface area contributed by atoms with Crippen molar-refractivity contribution in [3.8, 4) is 0 Å². The molecule has 0 heterocycles. The molecule has 0 aromatic heterocycles. The molecule has 0 unspecified atom stereocenters. The summed E-state index contributed by atoms with van der Waals surface area (Å²) in [7, 11) is 0. The molecule has 1 aliphatic carbocycles. The first kappa shape index (κ1) is 10.4. The van der Waals surface area contributed by atoms with Gasteiger partial charge in [0, 0.05) is 12.3 Å². The quantitative estimate of drug-likeness (QED) is 0.642. The Labute approximate surface area is 76.3 Å². The predicted molar refractivity (Wildman–Crippen MR) is 43.5 cm³/mol. The molecular weight excluding hydrogens is 178 g/mol. The SMILES string of the molecule is CCOC(=O)C[C@@H]1CCCC1(F)F. The predicted octanol–water partition coefficient (Wildman–Crippen LogP) is 2.38. The molecule has 0 aliphatic heterocycles. The van der Waals surface area contributed by atoms with Crippen LogP contribution in [0.3, 0.4) is 0 Å². The summed E-state index contributed by atoms with van der Waals surface area (Å²) in [6, 6.07) is 0. The number of ether oxygens (including phenoxy) is 1. The van der Waals surface area contributed by atoms with Crippen molar-refractivity contribution >= 4 is 5.97 Å². The van der Waals surface area contributed by atoms with Crippen LogP contribution in [0.15, 0.2) is 0 Å². The average molecular weight is 192 g/mol. The lowest BCUT2D eigenvalue weighted by atomic mass is 10.0. The van der Waals surface area contributed by atoms with E-state index >= 15 is 0 Å². The highest BCUT2D eigenvalue weighted by molar-refractivity contribution is 5.69. The first-order chi connectivity index (χ1) is 6.06. The fraction of sp³-hybridized carbons (Fsp3) is 0.889. The van der Waals surface area contributed by atoms with Crippen molar-refractivity contribution < 1.29 is 18.3 Å². The van der Waals surface area contributed by atoms with Crippen LogP contribution >= 0.6 is 0 Å². The number of hydrogen-bond acceptors (Lipinski definition) is 2. The van der Waals surface area contributed by atoms with Gasteiger partial charge in [-0.15, -0.1) is 0 Å². The Morgan fingerprint density at radius 1 is 1.62 bits per heavy atom. The highest BCUT2D eigenvalue weighted by Gasteiger charge is 2.44. The summed E-state index contributed by atoms with van der Waals surface area (Å²) in [5.74, 6) is -3.96. The molecule has 0 aromatic carbocycles. The number of rotatable bonds is 3. The van der Waals surface area contributed by atoms with Crippen LogP contribution in [0, 0.1) is 5.92 Å². The van der Waals surface area contributed by atoms with E-state index in [1.165, 1.54) is 0 Å². The molecule has 2 nitrogen and oxygen atoms in total. The van der Waals surface area contributed by atoms with Crippen LogP contribution in [-0.2, 0) is 9.53 Å². The van der Waals surface area contributed by atoms with Crippen LogP contribution in [0.5, 0.6) is 0 Å². The lowest BCUT2D eigenvalue weighted by Crippen LogP contribution is -2.24. The Morgan fingerprint density at radius 2 is 2.31 bits per heavy atom. The molecule has 1 atom stereocenters. The zero-order chi connectivity index (χ0) is 9.90. The van der Waals surface area contributed by atoms with E-state index in [1.807, 2.05) is 0 Å². The van der Waals surface area contributed by atoms with Gasteiger partial charge in [0.15, 0.2) is 0 Å². The van der Waals surface area contributed by atoms with Crippen molar-refractivity contribution in [1.82, 2.24) is 0 Å². The number of esters is 1. The minimum Gasteiger partial charge on any atom is -0.466 e. The van der Waals surface area contributed by atoms with Gasteiger partial charge in [0.2, 0.25) is 0 Å². The van der Waals surface area contributed by atoms with E-state index in [0.29, 0.717) is 12.8 Å². The van der Waals surface area contributed by atoms with Crippen molar-refractivity contribution in [3.05, 3.63) is 0 Å². The van der Waals surface area contributed by atoms with E-state index in [1.54, 1.807) is 6.92 Å². The summed E-state index contributed by atoms with van der Waals surface area (Å²) in [6.45, 7) is 1.93. The molecule has 0 aromatic rings. The van der Waals surface area contributed by atoms with Gasteiger partial charge in [-0.2, -0.15) is 0 Å². The molecule has 13 heavy (non-hydrogen) atoms. The number of alkyl halides is 2. The standard InChI is InChI=1S/C9H14F2O2/c1-2-13-8(12)6-7-4-3-5-9(7,10)11/h7H,2-6H2,1H3/t7-/m0/s1. The van der Waals surface area contributed by atoms with Gasteiger partial charge in [-0.3, -0.25) is 4.79 Å². The molecule has 4 heteroatoms. The second-order valence-corrected chi connectivity index (χ2v) is 3.36. The Kier molecular flexibility index (Phi) is 3.22. The fourth-order valence-corrected chi connectivity index (χ4v) is 1.67. The number of carbonyl (C=O) groups excluding carboxylic acids is 1. The molecular formula is C9H14F2O2. The lowest BCUT2D eigenvalue weighted by molar-refractivity contribution is -0.147. The van der Waals surface area contributed by atoms with Crippen molar-refractivity contribution in [1.29, 1.82) is 0 Å². The fourth-order valence-electron chi connectivity index (χ4n) is 1.67. The first-order valence-electron chi connectivity index (χ1n) is 4.59. The maximum absolute atomic E-state index is 13.0. The molecule has 0 saturated heterocycles. The van der Waals surface area contributed by atoms with Crippen LogP contribution in [0.25, 0.3) is 0 Å². The summed E-state index contributed by atoms with van der Waals surface area (Å²) < 4.78 is 30.6. The second kappa shape index (κ2) is 4.03. The molecule has 0 N–H and O–H groups in total. The van der Waals surface area contributed by atoms with Gasteiger partial charge in [0.05, 0.1) is 13.0 Å². The van der Waals surface area contributed by atoms with Gasteiger partial charge in [-0.05, 0) is 19.8 Å². The normalized spacial score (nSPS) is 25.9. The largest absolute Gasteiger partial charge is 0.466 e. The molecule has 0 amide bonds. The van der Waals surface area contributed by atoms with Crippen LogP contribution in [0.1, 0.15) is 32.6 Å². The summed E-state index contributed by atoms with van der Waals surface area (Å²) in [5.41, 5.74) is 0. The van der Waals surface area contributed by atoms with Gasteiger partial charge in [-0.1, -0.05) is 0 Å². The van der Waals surface area contributed by atoms with Crippen molar-refractivity contribution in [3.63, 3.8) is 0 Å². The van der Waals surface area contributed by atoms with E-state index < -0.39 is 17.8 Å². The first-order valence-corrected chi connectivity index (χ1v) is 4.59. The Morgan fingerprint density at radius 3 is 2.77 bits per heavy atom. The number of hydrogen-bond donors (Lipinski definition) is 0. The third-order valence-corrected chi connectivity index (χ3v) is 2.38. The zero-order valence-corrected chi connectivity index (χ0v) is 7.69. The molecule has 76 valence electrons. The molecule has 1 rings (SSSR count). The zero-order valence-electron chi connectivity index (χ0n) is 7.69. The molecule has 0 spiro atoms. The summed E-state index contributed by atoms with van der Waals surface area (Å²) >= 11 is 0. The van der Waals surface area contributed by atoms with E-state index in [2.05, 4.69) is 4.74 Å². The molecule has 1 fully saturated rings. The topological polar surface area (TPSA) is 26.3 Å². The van der Waals surface area contributed by atoms with Crippen LogP contribution < -0.4 is 0 Å². The van der Waals surface area contributed by atoms with E-state index in [-0.39, 0.29) is 19.4 Å². The van der Waals surface area contributed by atoms with Gasteiger partial charge in [-0.25, -0.2) is 8.78 Å². The molecule has 0 radical (unpaired) electrons. The Balaban J connectivity index is 2.40. The van der Waals surface area contributed by atoms with E-state index in [4.69, 9.17) is 0 Å². The van der Waals surface area contributed by atoms with Gasteiger partial charge >= 0.3 is 5.97 Å². The van der Waals surface area contributed by atoms with E-state index in [0.717, 1.165) is 0 Å². The third-order valence-electron chi connectivity index (χ3n) is 2.38. The van der Waals surface area contributed by atoms with Crippen LogP contribution in [0.2, 0.25) is 0 Å². The molecule has 1 aliphatic rings. The molecule has 1 saturated carbocycles. The van der Waals surface area contributed by atoms with Crippen LogP contribution in [-0.4, -0.2) is 18.5 Å². The van der Waals surface area contributed by atoms with Gasteiger partial charge < -0.3 is 4.74 Å². The van der Waals surface area contributed by atoms with Crippen molar-refractivity contribution in [2.75, 3.05) is 6.61 Å². The maximum Gasteiger partial charge on any atom is 0.306 e. The monoisotopic (exact) mass is 192 g/mol. The molecule has 0 bridgehead atoms. The minimum atomic E-state index is -2.66. The van der Waals surface area contributed by atoms with Crippen LogP contribution in [0.4, 0.5) is 8.78 Å². The smallest absolute Gasteiger partial charge is 0.306 e. The summed E-state index contributed by atoms with van der Waals surface area (Å²) in [6.07, 6.45) is 0.723. The van der Waals surface area contributed by atoms with E-state index in [9.17, 15) is 13.6 Å². The lowest BCUT2D eigenvalue weighted by Gasteiger charge is -2.17. The Hall–Kier alpha value is -0.670. The average Bonchev–Trinajstić information content (AvgIpc) is 2.31. The van der Waals surface area contributed by atoms with Crippen molar-refractivity contribution in [2.24, 2.45) is 5.92 Å². The number of carbonyl (C=O) groups is 1. The maximum atomic E-state index is 13.0. The second-order valence-electron chi connectivity index (χ2n) is 3.36. The van der Waals surface area contributed by atoms with Crippen molar-refractivity contribution in [2.45, 2.75) is 38.5 Å².